The Labute approximate surface area is 214 Å². The summed E-state index contributed by atoms with van der Waals surface area (Å²) < 4.78 is 0. The lowest BCUT2D eigenvalue weighted by molar-refractivity contribution is -0.139. The Morgan fingerprint density at radius 2 is 1.67 bits per heavy atom. The van der Waals surface area contributed by atoms with E-state index in [1.807, 2.05) is 4.90 Å². The molecular formula is C31H41N3O2. The molecule has 0 aliphatic heterocycles. The first kappa shape index (κ1) is 22.9. The summed E-state index contributed by atoms with van der Waals surface area (Å²) in [4.78, 5) is 32.5. The molecule has 0 radical (unpaired) electrons. The number of hydrogen-bond donors (Lipinski definition) is 2. The topological polar surface area (TPSA) is 65.2 Å². The molecule has 0 unspecified atom stereocenters. The number of rotatable bonds is 7. The zero-order chi connectivity index (χ0) is 24.8. The van der Waals surface area contributed by atoms with Crippen LogP contribution in [0, 0.1) is 36.0 Å². The molecule has 0 spiro atoms. The Morgan fingerprint density at radius 3 is 2.31 bits per heavy atom. The van der Waals surface area contributed by atoms with Gasteiger partial charge in [0, 0.05) is 34.6 Å². The van der Waals surface area contributed by atoms with E-state index in [0.717, 1.165) is 49.9 Å². The summed E-state index contributed by atoms with van der Waals surface area (Å²) in [5, 5.41) is 4.79. The van der Waals surface area contributed by atoms with Gasteiger partial charge in [-0.3, -0.25) is 9.59 Å². The third-order valence-corrected chi connectivity index (χ3v) is 10.8. The molecule has 6 aliphatic carbocycles. The number of H-pyrrole nitrogens is 1. The average molecular weight is 488 g/mol. The van der Waals surface area contributed by atoms with Crippen molar-refractivity contribution in [3.05, 3.63) is 35.5 Å². The first-order chi connectivity index (χ1) is 17.2. The van der Waals surface area contributed by atoms with Crippen molar-refractivity contribution in [3.8, 4) is 0 Å². The van der Waals surface area contributed by atoms with Crippen LogP contribution in [0.3, 0.4) is 0 Å². The number of carbonyl (C=O) groups excluding carboxylic acids is 2. The molecule has 36 heavy (non-hydrogen) atoms. The minimum atomic E-state index is 0.0144. The van der Waals surface area contributed by atoms with E-state index in [1.54, 1.807) is 0 Å². The van der Waals surface area contributed by atoms with Crippen LogP contribution in [0.15, 0.2) is 24.3 Å². The maximum atomic E-state index is 13.7. The van der Waals surface area contributed by atoms with Gasteiger partial charge in [-0.1, -0.05) is 32.0 Å². The fourth-order valence-electron chi connectivity index (χ4n) is 9.26. The standard InChI is InChI=1S/C31H41N3O2/c1-18-28(23-6-4-5-7-25(23)32-18)29-24(30(29,2)3)13-27(36)34(22-8-9-22)17-26(35)33-31-14-19-10-20(15-31)12-21(11-19)16-31/h4-7,19-22,24,29,32H,8-17H2,1-3H3,(H,33,35)/t19?,20?,21?,24-,29-,31?/m1/s1. The average Bonchev–Trinajstić information content (AvgIpc) is 3.69. The maximum Gasteiger partial charge on any atom is 0.240 e. The minimum absolute atomic E-state index is 0.0144. The number of hydrogen-bond acceptors (Lipinski definition) is 2. The van der Waals surface area contributed by atoms with Crippen molar-refractivity contribution in [1.29, 1.82) is 0 Å². The molecule has 0 saturated heterocycles. The summed E-state index contributed by atoms with van der Waals surface area (Å²) in [5.41, 5.74) is 3.88. The molecule has 2 N–H and O–H groups in total. The van der Waals surface area contributed by atoms with Gasteiger partial charge in [0.2, 0.25) is 11.8 Å². The van der Waals surface area contributed by atoms with Crippen molar-refractivity contribution in [2.45, 2.75) is 96.1 Å². The van der Waals surface area contributed by atoms with Gasteiger partial charge in [-0.05, 0) is 105 Å². The normalized spacial score (nSPS) is 35.7. The van der Waals surface area contributed by atoms with Crippen molar-refractivity contribution in [1.82, 2.24) is 15.2 Å². The molecule has 1 aromatic heterocycles. The number of carbonyl (C=O) groups is 2. The number of aryl methyl sites for hydroxylation is 1. The zero-order valence-corrected chi connectivity index (χ0v) is 22.1. The van der Waals surface area contributed by atoms with E-state index in [9.17, 15) is 9.59 Å². The van der Waals surface area contributed by atoms with E-state index in [4.69, 9.17) is 0 Å². The van der Waals surface area contributed by atoms with Gasteiger partial charge in [0.15, 0.2) is 0 Å². The molecular weight excluding hydrogens is 446 g/mol. The molecule has 2 aromatic rings. The van der Waals surface area contributed by atoms with Crippen LogP contribution in [0.4, 0.5) is 0 Å². The quantitative estimate of drug-likeness (QED) is 0.528. The summed E-state index contributed by atoms with van der Waals surface area (Å²) in [6.45, 7) is 7.01. The Bertz CT molecular complexity index is 1190. The number of aromatic amines is 1. The lowest BCUT2D eigenvalue weighted by atomic mass is 9.53. The third kappa shape index (κ3) is 3.71. The fraction of sp³-hybridized carbons (Fsp3) is 0.677. The van der Waals surface area contributed by atoms with Crippen LogP contribution in [-0.4, -0.2) is 39.8 Å². The number of para-hydroxylation sites is 1. The van der Waals surface area contributed by atoms with Crippen LogP contribution in [0.5, 0.6) is 0 Å². The lowest BCUT2D eigenvalue weighted by Gasteiger charge is -2.57. The summed E-state index contributed by atoms with van der Waals surface area (Å²) >= 11 is 0. The Balaban J connectivity index is 1.04. The zero-order valence-electron chi connectivity index (χ0n) is 22.1. The second-order valence-electron chi connectivity index (χ2n) is 13.8. The van der Waals surface area contributed by atoms with Crippen LogP contribution in [-0.2, 0) is 9.59 Å². The van der Waals surface area contributed by atoms with Gasteiger partial charge in [0.25, 0.3) is 0 Å². The molecule has 1 heterocycles. The van der Waals surface area contributed by atoms with Crippen LogP contribution in [0.1, 0.15) is 88.8 Å². The van der Waals surface area contributed by atoms with Gasteiger partial charge < -0.3 is 15.2 Å². The second-order valence-corrected chi connectivity index (χ2v) is 13.8. The predicted octanol–water partition coefficient (Wildman–Crippen LogP) is 5.68. The van der Waals surface area contributed by atoms with Gasteiger partial charge in [0.05, 0.1) is 6.54 Å². The first-order valence-corrected chi connectivity index (χ1v) is 14.4. The van der Waals surface area contributed by atoms with Crippen molar-refractivity contribution in [2.75, 3.05) is 6.54 Å². The van der Waals surface area contributed by atoms with Gasteiger partial charge >= 0.3 is 0 Å². The van der Waals surface area contributed by atoms with Gasteiger partial charge in [-0.2, -0.15) is 0 Å². The smallest absolute Gasteiger partial charge is 0.240 e. The number of nitrogens with one attached hydrogen (secondary N) is 2. The van der Waals surface area contributed by atoms with E-state index in [0.29, 0.717) is 18.3 Å². The van der Waals surface area contributed by atoms with Crippen LogP contribution in [0.25, 0.3) is 10.9 Å². The maximum absolute atomic E-state index is 13.7. The number of fused-ring (bicyclic) bond motifs is 1. The van der Waals surface area contributed by atoms with Gasteiger partial charge in [-0.15, -0.1) is 0 Å². The fourth-order valence-corrected chi connectivity index (χ4v) is 9.26. The Hall–Kier alpha value is -2.30. The van der Waals surface area contributed by atoms with Gasteiger partial charge in [0.1, 0.15) is 0 Å². The number of aromatic nitrogens is 1. The number of nitrogens with zero attached hydrogens (tertiary/aromatic N) is 1. The molecule has 192 valence electrons. The molecule has 4 bridgehead atoms. The molecule has 5 heteroatoms. The highest BCUT2D eigenvalue weighted by Crippen LogP contribution is 2.67. The Morgan fingerprint density at radius 1 is 1.03 bits per heavy atom. The van der Waals surface area contributed by atoms with E-state index >= 15 is 0 Å². The van der Waals surface area contributed by atoms with E-state index in [-0.39, 0.29) is 35.4 Å². The summed E-state index contributed by atoms with van der Waals surface area (Å²) in [5.74, 6) is 3.36. The van der Waals surface area contributed by atoms with Crippen molar-refractivity contribution in [3.63, 3.8) is 0 Å². The highest BCUT2D eigenvalue weighted by atomic mass is 16.2. The Kier molecular flexibility index (Phi) is 4.99. The largest absolute Gasteiger partial charge is 0.358 e. The van der Waals surface area contributed by atoms with Gasteiger partial charge in [-0.25, -0.2) is 0 Å². The molecule has 2 atom stereocenters. The molecule has 6 aliphatic rings. The number of amides is 2. The second kappa shape index (κ2) is 7.85. The minimum Gasteiger partial charge on any atom is -0.358 e. The van der Waals surface area contributed by atoms with Crippen LogP contribution >= 0.6 is 0 Å². The molecule has 8 rings (SSSR count). The van der Waals surface area contributed by atoms with Crippen molar-refractivity contribution in [2.24, 2.45) is 29.1 Å². The summed E-state index contributed by atoms with van der Waals surface area (Å²) in [6.07, 6.45) is 10.2. The summed E-state index contributed by atoms with van der Waals surface area (Å²) in [7, 11) is 0. The lowest BCUT2D eigenvalue weighted by Crippen LogP contribution is -2.61. The van der Waals surface area contributed by atoms with Crippen molar-refractivity contribution >= 4 is 22.7 Å². The highest BCUT2D eigenvalue weighted by molar-refractivity contribution is 5.88. The molecule has 6 fully saturated rings. The molecule has 1 aromatic carbocycles. The monoisotopic (exact) mass is 487 g/mol. The highest BCUT2D eigenvalue weighted by Gasteiger charge is 2.60. The van der Waals surface area contributed by atoms with Crippen LogP contribution in [0.2, 0.25) is 0 Å². The molecule has 5 nitrogen and oxygen atoms in total. The SMILES string of the molecule is Cc1[nH]c2ccccc2c1[C@H]1[C@@H](CC(=O)N(CC(=O)NC23CC4CC(CC(C4)C2)C3)C2CC2)C1(C)C. The number of benzene rings is 1. The predicted molar refractivity (Wildman–Crippen MR) is 141 cm³/mol. The van der Waals surface area contributed by atoms with E-state index < -0.39 is 0 Å². The summed E-state index contributed by atoms with van der Waals surface area (Å²) in [6, 6.07) is 8.77. The molecule has 2 amide bonds. The van der Waals surface area contributed by atoms with E-state index in [1.165, 1.54) is 41.4 Å². The third-order valence-electron chi connectivity index (χ3n) is 10.8. The van der Waals surface area contributed by atoms with Crippen LogP contribution < -0.4 is 5.32 Å². The van der Waals surface area contributed by atoms with Crippen molar-refractivity contribution < 1.29 is 9.59 Å². The van der Waals surface area contributed by atoms with E-state index in [2.05, 4.69) is 55.3 Å². The first-order valence-electron chi connectivity index (χ1n) is 14.4. The molecule has 6 saturated carbocycles.